The average Bonchev–Trinajstić information content (AvgIpc) is 2.86. The molecule has 0 nitrogen and oxygen atoms in total. The Bertz CT molecular complexity index is 338. The smallest absolute Gasteiger partial charge is 0.0169 e. The zero-order valence-electron chi connectivity index (χ0n) is 11.1. The molecule has 0 heteroatoms. The van der Waals surface area contributed by atoms with Crippen molar-refractivity contribution in [3.63, 3.8) is 0 Å². The Labute approximate surface area is 106 Å². The molecule has 0 aromatic heterocycles. The van der Waals surface area contributed by atoms with Crippen molar-refractivity contribution in [3.05, 3.63) is 11.1 Å². The Morgan fingerprint density at radius 2 is 1.59 bits per heavy atom. The number of fused-ring (bicyclic) bond motifs is 4. The summed E-state index contributed by atoms with van der Waals surface area (Å²) >= 11 is 0. The predicted octanol–water partition coefficient (Wildman–Crippen LogP) is 5.09. The molecule has 2 saturated carbocycles. The Balaban J connectivity index is 1.64. The molecule has 4 rings (SSSR count). The molecule has 94 valence electrons. The van der Waals surface area contributed by atoms with Crippen molar-refractivity contribution in [2.24, 2.45) is 23.7 Å². The first-order valence-corrected chi connectivity index (χ1v) is 8.14. The molecular weight excluding hydrogens is 204 g/mol. The Kier molecular flexibility index (Phi) is 2.59. The summed E-state index contributed by atoms with van der Waals surface area (Å²) < 4.78 is 0. The van der Waals surface area contributed by atoms with Crippen LogP contribution >= 0.6 is 0 Å². The van der Waals surface area contributed by atoms with Crippen LogP contribution in [0.4, 0.5) is 0 Å². The zero-order chi connectivity index (χ0) is 11.2. The van der Waals surface area contributed by atoms with E-state index >= 15 is 0 Å². The van der Waals surface area contributed by atoms with Gasteiger partial charge in [-0.05, 0) is 81.5 Å². The first-order valence-electron chi connectivity index (χ1n) is 8.14. The summed E-state index contributed by atoms with van der Waals surface area (Å²) in [5.41, 5.74) is 3.91. The molecule has 0 aliphatic heterocycles. The molecule has 0 bridgehead atoms. The first-order chi connectivity index (χ1) is 8.43. The van der Waals surface area contributed by atoms with E-state index in [9.17, 15) is 0 Å². The van der Waals surface area contributed by atoms with E-state index in [-0.39, 0.29) is 0 Å². The molecule has 2 fully saturated rings. The molecule has 4 aliphatic rings. The highest BCUT2D eigenvalue weighted by Crippen LogP contribution is 2.55. The molecule has 0 amide bonds. The van der Waals surface area contributed by atoms with E-state index in [1.165, 1.54) is 32.1 Å². The van der Waals surface area contributed by atoms with Gasteiger partial charge in [0.05, 0.1) is 0 Å². The molecule has 4 aliphatic carbocycles. The van der Waals surface area contributed by atoms with Crippen molar-refractivity contribution >= 4 is 0 Å². The van der Waals surface area contributed by atoms with Gasteiger partial charge < -0.3 is 0 Å². The van der Waals surface area contributed by atoms with Crippen molar-refractivity contribution in [1.82, 2.24) is 0 Å². The molecule has 0 saturated heterocycles. The first kappa shape index (κ1) is 10.6. The number of hydrogen-bond donors (Lipinski definition) is 0. The Morgan fingerprint density at radius 3 is 2.59 bits per heavy atom. The summed E-state index contributed by atoms with van der Waals surface area (Å²) in [4.78, 5) is 0. The molecular formula is C17H26. The van der Waals surface area contributed by atoms with Crippen molar-refractivity contribution in [3.8, 4) is 0 Å². The second-order valence-corrected chi connectivity index (χ2v) is 7.08. The van der Waals surface area contributed by atoms with Crippen LogP contribution in [-0.4, -0.2) is 0 Å². The summed E-state index contributed by atoms with van der Waals surface area (Å²) in [6, 6.07) is 0. The minimum absolute atomic E-state index is 1.05. The number of hydrogen-bond acceptors (Lipinski definition) is 0. The lowest BCUT2D eigenvalue weighted by Gasteiger charge is -2.46. The Morgan fingerprint density at radius 1 is 0.647 bits per heavy atom. The van der Waals surface area contributed by atoms with Gasteiger partial charge in [-0.15, -0.1) is 0 Å². The summed E-state index contributed by atoms with van der Waals surface area (Å²) in [5, 5.41) is 0. The molecule has 0 aromatic rings. The largest absolute Gasteiger partial charge is 0.0707 e. The van der Waals surface area contributed by atoms with Crippen LogP contribution in [0, 0.1) is 23.7 Å². The van der Waals surface area contributed by atoms with Crippen LogP contribution in [0.5, 0.6) is 0 Å². The lowest BCUT2D eigenvalue weighted by atomic mass is 9.59. The molecule has 4 unspecified atom stereocenters. The van der Waals surface area contributed by atoms with Crippen molar-refractivity contribution in [2.45, 2.75) is 70.6 Å². The normalized spacial score (nSPS) is 45.2. The third-order valence-corrected chi connectivity index (χ3v) is 6.49. The van der Waals surface area contributed by atoms with E-state index < -0.39 is 0 Å². The highest BCUT2D eigenvalue weighted by Gasteiger charge is 2.44. The highest BCUT2D eigenvalue weighted by atomic mass is 14.5. The fourth-order valence-corrected chi connectivity index (χ4v) is 5.81. The molecule has 0 spiro atoms. The van der Waals surface area contributed by atoms with Crippen molar-refractivity contribution in [2.75, 3.05) is 0 Å². The number of allylic oxidation sites excluding steroid dienone is 2. The van der Waals surface area contributed by atoms with Gasteiger partial charge in [-0.1, -0.05) is 24.0 Å². The molecule has 0 aromatic carbocycles. The maximum Gasteiger partial charge on any atom is -0.0169 e. The van der Waals surface area contributed by atoms with E-state index in [1.54, 1.807) is 38.5 Å². The maximum absolute atomic E-state index is 1.98. The van der Waals surface area contributed by atoms with E-state index in [0.29, 0.717) is 0 Å². The second-order valence-electron chi connectivity index (χ2n) is 7.08. The van der Waals surface area contributed by atoms with Crippen LogP contribution in [0.15, 0.2) is 11.1 Å². The van der Waals surface area contributed by atoms with Gasteiger partial charge >= 0.3 is 0 Å². The summed E-state index contributed by atoms with van der Waals surface area (Å²) in [7, 11) is 0. The predicted molar refractivity (Wildman–Crippen MR) is 71.8 cm³/mol. The second kappa shape index (κ2) is 4.14. The van der Waals surface area contributed by atoms with Crippen LogP contribution in [0.2, 0.25) is 0 Å². The van der Waals surface area contributed by atoms with Crippen LogP contribution in [-0.2, 0) is 0 Å². The third kappa shape index (κ3) is 1.63. The summed E-state index contributed by atoms with van der Waals surface area (Å²) in [6.07, 6.45) is 16.8. The molecule has 0 heterocycles. The van der Waals surface area contributed by atoms with Gasteiger partial charge in [-0.25, -0.2) is 0 Å². The quantitative estimate of drug-likeness (QED) is 0.508. The van der Waals surface area contributed by atoms with Crippen LogP contribution < -0.4 is 0 Å². The topological polar surface area (TPSA) is 0 Å². The SMILES string of the molecule is C1CCC2=C(C1)CCC1C2CCC2CCCC21. The average molecular weight is 230 g/mol. The van der Waals surface area contributed by atoms with Gasteiger partial charge in [0, 0.05) is 0 Å². The van der Waals surface area contributed by atoms with Crippen molar-refractivity contribution in [1.29, 1.82) is 0 Å². The minimum atomic E-state index is 1.05. The number of rotatable bonds is 0. The van der Waals surface area contributed by atoms with Gasteiger partial charge in [0.15, 0.2) is 0 Å². The lowest BCUT2D eigenvalue weighted by Crippen LogP contribution is -2.36. The van der Waals surface area contributed by atoms with E-state index in [1.807, 2.05) is 11.1 Å². The van der Waals surface area contributed by atoms with Crippen LogP contribution in [0.1, 0.15) is 70.6 Å². The highest BCUT2D eigenvalue weighted by molar-refractivity contribution is 5.25. The lowest BCUT2D eigenvalue weighted by molar-refractivity contribution is 0.110. The molecule has 4 atom stereocenters. The van der Waals surface area contributed by atoms with Gasteiger partial charge in [0.25, 0.3) is 0 Å². The van der Waals surface area contributed by atoms with Gasteiger partial charge in [-0.2, -0.15) is 0 Å². The van der Waals surface area contributed by atoms with Gasteiger partial charge in [0.1, 0.15) is 0 Å². The monoisotopic (exact) mass is 230 g/mol. The van der Waals surface area contributed by atoms with E-state index in [0.717, 1.165) is 23.7 Å². The minimum Gasteiger partial charge on any atom is -0.0707 e. The fourth-order valence-electron chi connectivity index (χ4n) is 5.81. The van der Waals surface area contributed by atoms with Crippen LogP contribution in [0.3, 0.4) is 0 Å². The molecule has 0 N–H and O–H groups in total. The summed E-state index contributed by atoms with van der Waals surface area (Å²) in [6.45, 7) is 0. The van der Waals surface area contributed by atoms with Gasteiger partial charge in [0.2, 0.25) is 0 Å². The maximum atomic E-state index is 1.98. The standard InChI is InChI=1S/C17H26/c1-2-6-14-12(4-1)8-10-17-15-7-3-5-13(15)9-11-16(14)17/h13,15-17H,1-11H2. The van der Waals surface area contributed by atoms with E-state index in [2.05, 4.69) is 0 Å². The summed E-state index contributed by atoms with van der Waals surface area (Å²) in [5.74, 6) is 4.46. The fraction of sp³-hybridized carbons (Fsp3) is 0.882. The molecule has 17 heavy (non-hydrogen) atoms. The van der Waals surface area contributed by atoms with Gasteiger partial charge in [-0.3, -0.25) is 0 Å². The van der Waals surface area contributed by atoms with Crippen molar-refractivity contribution < 1.29 is 0 Å². The van der Waals surface area contributed by atoms with E-state index in [4.69, 9.17) is 0 Å². The third-order valence-electron chi connectivity index (χ3n) is 6.49. The Hall–Kier alpha value is -0.260. The van der Waals surface area contributed by atoms with Crippen LogP contribution in [0.25, 0.3) is 0 Å². The zero-order valence-corrected chi connectivity index (χ0v) is 11.1. The molecule has 0 radical (unpaired) electrons.